The summed E-state index contributed by atoms with van der Waals surface area (Å²) in [4.78, 5) is 13.9. The highest BCUT2D eigenvalue weighted by molar-refractivity contribution is 5.84. The monoisotopic (exact) mass is 407 g/mol. The zero-order chi connectivity index (χ0) is 20.9. The van der Waals surface area contributed by atoms with Gasteiger partial charge in [-0.2, -0.15) is 0 Å². The number of benzene rings is 2. The van der Waals surface area contributed by atoms with Crippen molar-refractivity contribution in [3.05, 3.63) is 71.9 Å². The normalized spacial score (nSPS) is 16.6. The van der Waals surface area contributed by atoms with Crippen LogP contribution in [0.15, 0.2) is 60.8 Å². The molecule has 4 nitrogen and oxygen atoms in total. The van der Waals surface area contributed by atoms with Gasteiger partial charge in [0.25, 0.3) is 0 Å². The maximum absolute atomic E-state index is 14.8. The van der Waals surface area contributed by atoms with Crippen LogP contribution in [0.1, 0.15) is 36.9 Å². The molecule has 1 aliphatic rings. The van der Waals surface area contributed by atoms with Crippen LogP contribution in [0.4, 0.5) is 4.39 Å². The van der Waals surface area contributed by atoms with Crippen LogP contribution in [0.3, 0.4) is 0 Å². The number of likely N-dealkylation sites (N-methyl/N-ethyl adjacent to an activating group) is 1. The number of amides is 1. The van der Waals surface area contributed by atoms with Gasteiger partial charge in [0.1, 0.15) is 0 Å². The van der Waals surface area contributed by atoms with E-state index in [4.69, 9.17) is 0 Å². The molecule has 0 aliphatic carbocycles. The molecule has 1 amide bonds. The van der Waals surface area contributed by atoms with Crippen LogP contribution in [-0.2, 0) is 17.6 Å². The molecule has 158 valence electrons. The summed E-state index contributed by atoms with van der Waals surface area (Å²) in [6.07, 6.45) is 3.91. The summed E-state index contributed by atoms with van der Waals surface area (Å²) < 4.78 is 17.1. The van der Waals surface area contributed by atoms with Crippen molar-refractivity contribution in [2.24, 2.45) is 0 Å². The highest BCUT2D eigenvalue weighted by Crippen LogP contribution is 2.29. The molecule has 2 aromatic carbocycles. The number of likely N-dealkylation sites (tertiary alicyclic amines) is 1. The van der Waals surface area contributed by atoms with E-state index in [1.807, 2.05) is 48.2 Å². The van der Waals surface area contributed by atoms with Crippen molar-refractivity contribution in [1.82, 2.24) is 14.8 Å². The van der Waals surface area contributed by atoms with Gasteiger partial charge in [-0.15, -0.1) is 0 Å². The minimum Gasteiger partial charge on any atom is -0.356 e. The Labute approximate surface area is 177 Å². The molecule has 1 unspecified atom stereocenters. The second-order valence-corrected chi connectivity index (χ2v) is 8.14. The maximum Gasteiger partial charge on any atom is 0.224 e. The molecule has 0 saturated carbocycles. The summed E-state index contributed by atoms with van der Waals surface area (Å²) in [5.41, 5.74) is 3.23. The number of carbonyl (C=O) groups excluding carboxylic acids is 1. The van der Waals surface area contributed by atoms with Crippen LogP contribution in [0.2, 0.25) is 0 Å². The molecule has 5 heteroatoms. The molecular formula is C25H30FN3O. The average molecular weight is 408 g/mol. The van der Waals surface area contributed by atoms with Gasteiger partial charge in [-0.1, -0.05) is 42.5 Å². The molecule has 0 spiro atoms. The average Bonchev–Trinajstić information content (AvgIpc) is 3.18. The van der Waals surface area contributed by atoms with E-state index in [1.165, 1.54) is 5.39 Å². The first-order valence-electron chi connectivity index (χ1n) is 10.9. The molecule has 1 aromatic heterocycles. The van der Waals surface area contributed by atoms with E-state index in [9.17, 15) is 9.18 Å². The smallest absolute Gasteiger partial charge is 0.224 e. The minimum absolute atomic E-state index is 0.0515. The first-order chi connectivity index (χ1) is 14.6. The summed E-state index contributed by atoms with van der Waals surface area (Å²) in [6, 6.07) is 18.6. The van der Waals surface area contributed by atoms with Crippen LogP contribution in [0, 0.1) is 0 Å². The van der Waals surface area contributed by atoms with Gasteiger partial charge in [0, 0.05) is 43.8 Å². The maximum atomic E-state index is 14.8. The van der Waals surface area contributed by atoms with Crippen LogP contribution in [0.5, 0.6) is 0 Å². The third-order valence-electron chi connectivity index (χ3n) is 6.06. The van der Waals surface area contributed by atoms with Crippen molar-refractivity contribution in [3.8, 4) is 0 Å². The lowest BCUT2D eigenvalue weighted by atomic mass is 10.0. The zero-order valence-electron chi connectivity index (χ0n) is 17.6. The van der Waals surface area contributed by atoms with E-state index >= 15 is 0 Å². The number of nitrogens with zero attached hydrogens (tertiary/aromatic N) is 2. The summed E-state index contributed by atoms with van der Waals surface area (Å²) >= 11 is 0. The fourth-order valence-corrected chi connectivity index (χ4v) is 4.45. The second-order valence-electron chi connectivity index (χ2n) is 8.14. The lowest BCUT2D eigenvalue weighted by Gasteiger charge is -2.35. The van der Waals surface area contributed by atoms with Crippen LogP contribution in [-0.4, -0.2) is 41.3 Å². The van der Waals surface area contributed by atoms with Crippen molar-refractivity contribution in [1.29, 1.82) is 0 Å². The number of halogens is 1. The number of nitrogens with one attached hydrogen (secondary N) is 1. The molecule has 1 fully saturated rings. The van der Waals surface area contributed by atoms with Crippen molar-refractivity contribution in [2.75, 3.05) is 19.6 Å². The van der Waals surface area contributed by atoms with Crippen LogP contribution < -0.4 is 5.32 Å². The molecule has 1 aliphatic heterocycles. The highest BCUT2D eigenvalue weighted by Gasteiger charge is 2.26. The molecule has 1 saturated heterocycles. The van der Waals surface area contributed by atoms with Gasteiger partial charge in [0.2, 0.25) is 5.91 Å². The van der Waals surface area contributed by atoms with Gasteiger partial charge in [0.15, 0.2) is 6.30 Å². The molecule has 1 N–H and O–H groups in total. The van der Waals surface area contributed by atoms with Crippen LogP contribution in [0.25, 0.3) is 10.9 Å². The molecule has 4 rings (SSSR count). The summed E-state index contributed by atoms with van der Waals surface area (Å²) in [5, 5.41) is 4.04. The zero-order valence-corrected chi connectivity index (χ0v) is 17.6. The number of fused-ring (bicyclic) bond motifs is 1. The topological polar surface area (TPSA) is 37.3 Å². The lowest BCUT2D eigenvalue weighted by molar-refractivity contribution is -0.120. The Hall–Kier alpha value is -2.66. The Morgan fingerprint density at radius 1 is 1.10 bits per heavy atom. The molecule has 1 atom stereocenters. The van der Waals surface area contributed by atoms with E-state index in [-0.39, 0.29) is 5.91 Å². The molecule has 0 bridgehead atoms. The van der Waals surface area contributed by atoms with Crippen molar-refractivity contribution >= 4 is 16.8 Å². The van der Waals surface area contributed by atoms with Crippen molar-refractivity contribution in [2.45, 2.75) is 44.9 Å². The number of carbonyl (C=O) groups is 1. The van der Waals surface area contributed by atoms with Gasteiger partial charge >= 0.3 is 0 Å². The van der Waals surface area contributed by atoms with E-state index in [1.54, 1.807) is 0 Å². The third kappa shape index (κ3) is 4.73. The van der Waals surface area contributed by atoms with Gasteiger partial charge in [-0.05, 0) is 48.4 Å². The Morgan fingerprint density at radius 3 is 2.60 bits per heavy atom. The van der Waals surface area contributed by atoms with E-state index in [0.717, 1.165) is 42.6 Å². The van der Waals surface area contributed by atoms with Gasteiger partial charge < -0.3 is 9.88 Å². The summed E-state index contributed by atoms with van der Waals surface area (Å²) in [6.45, 7) is 4.10. The molecular weight excluding hydrogens is 377 g/mol. The quantitative estimate of drug-likeness (QED) is 0.586. The number of alkyl halides is 1. The van der Waals surface area contributed by atoms with Gasteiger partial charge in [-0.3, -0.25) is 9.69 Å². The predicted octanol–water partition coefficient (Wildman–Crippen LogP) is 4.50. The number of hydrogen-bond acceptors (Lipinski definition) is 2. The second kappa shape index (κ2) is 9.43. The number of hydrogen-bond donors (Lipinski definition) is 1. The SMILES string of the molecule is CCNC(=O)Cc1ccc2ccn(C3CCN(C(F)Cc4ccccc4)CC3)c2c1. The minimum atomic E-state index is -0.932. The van der Waals surface area contributed by atoms with E-state index in [0.29, 0.717) is 25.4 Å². The summed E-state index contributed by atoms with van der Waals surface area (Å²) in [5.74, 6) is 0.0515. The van der Waals surface area contributed by atoms with Crippen molar-refractivity contribution < 1.29 is 9.18 Å². The first-order valence-corrected chi connectivity index (χ1v) is 10.9. The molecule has 0 radical (unpaired) electrons. The standard InChI is InChI=1S/C25H30FN3O/c1-2-27-25(30)18-20-8-9-21-10-15-29(23(21)16-20)22-11-13-28(14-12-22)24(26)17-19-6-4-3-5-7-19/h3-10,15-16,22,24H,2,11-14,17-18H2,1H3,(H,27,30). The van der Waals surface area contributed by atoms with Crippen molar-refractivity contribution in [3.63, 3.8) is 0 Å². The molecule has 30 heavy (non-hydrogen) atoms. The molecule has 3 aromatic rings. The highest BCUT2D eigenvalue weighted by atomic mass is 19.1. The Balaban J connectivity index is 1.41. The predicted molar refractivity (Wildman–Crippen MR) is 119 cm³/mol. The fraction of sp³-hybridized carbons (Fsp3) is 0.400. The van der Waals surface area contributed by atoms with Gasteiger partial charge in [0.05, 0.1) is 6.42 Å². The summed E-state index contributed by atoms with van der Waals surface area (Å²) in [7, 11) is 0. The number of aromatic nitrogens is 1. The van der Waals surface area contributed by atoms with Crippen LogP contribution >= 0.6 is 0 Å². The third-order valence-corrected chi connectivity index (χ3v) is 6.06. The number of piperidine rings is 1. The Bertz CT molecular complexity index is 976. The Morgan fingerprint density at radius 2 is 1.87 bits per heavy atom. The largest absolute Gasteiger partial charge is 0.356 e. The van der Waals surface area contributed by atoms with E-state index < -0.39 is 6.30 Å². The number of rotatable bonds is 7. The molecule has 2 heterocycles. The van der Waals surface area contributed by atoms with Gasteiger partial charge in [-0.25, -0.2) is 4.39 Å². The first kappa shape index (κ1) is 20.6. The fourth-order valence-electron chi connectivity index (χ4n) is 4.45. The van der Waals surface area contributed by atoms with E-state index in [2.05, 4.69) is 34.3 Å². The Kier molecular flexibility index (Phi) is 6.48. The lowest BCUT2D eigenvalue weighted by Crippen LogP contribution is -2.40.